The van der Waals surface area contributed by atoms with E-state index in [1.807, 2.05) is 42.5 Å². The minimum absolute atomic E-state index is 0.118. The fraction of sp³-hybridized carbons (Fsp3) is 0.400. The first-order valence-electron chi connectivity index (χ1n) is 9.07. The Labute approximate surface area is 155 Å². The van der Waals surface area contributed by atoms with Crippen LogP contribution in [0.15, 0.2) is 48.5 Å². The monoisotopic (exact) mass is 372 g/mol. The third kappa shape index (κ3) is 3.13. The summed E-state index contributed by atoms with van der Waals surface area (Å²) in [5.41, 5.74) is 3.37. The molecule has 26 heavy (non-hydrogen) atoms. The highest BCUT2D eigenvalue weighted by Gasteiger charge is 2.39. The third-order valence-corrected chi connectivity index (χ3v) is 7.39. The zero-order valence-corrected chi connectivity index (χ0v) is 15.8. The molecule has 2 heterocycles. The van der Waals surface area contributed by atoms with E-state index in [2.05, 4.69) is 6.07 Å². The maximum absolute atomic E-state index is 13.4. The summed E-state index contributed by atoms with van der Waals surface area (Å²) in [6, 6.07) is 15.7. The van der Waals surface area contributed by atoms with E-state index in [0.29, 0.717) is 19.6 Å². The highest BCUT2D eigenvalue weighted by Crippen LogP contribution is 2.37. The van der Waals surface area contributed by atoms with Gasteiger partial charge in [0, 0.05) is 19.6 Å². The van der Waals surface area contributed by atoms with Crippen molar-refractivity contribution in [2.24, 2.45) is 0 Å². The number of nitrogens with zero attached hydrogens (tertiary/aromatic N) is 2. The van der Waals surface area contributed by atoms with Crippen molar-refractivity contribution in [1.82, 2.24) is 8.61 Å². The lowest BCUT2D eigenvalue weighted by Crippen LogP contribution is -2.45. The van der Waals surface area contributed by atoms with Crippen LogP contribution in [0.5, 0.6) is 5.75 Å². The van der Waals surface area contributed by atoms with Crippen LogP contribution in [0.4, 0.5) is 0 Å². The fourth-order valence-electron chi connectivity index (χ4n) is 4.01. The maximum Gasteiger partial charge on any atom is 0.282 e. The van der Waals surface area contributed by atoms with Crippen molar-refractivity contribution in [3.63, 3.8) is 0 Å². The smallest absolute Gasteiger partial charge is 0.282 e. The predicted molar refractivity (Wildman–Crippen MR) is 101 cm³/mol. The average molecular weight is 372 g/mol. The first kappa shape index (κ1) is 17.5. The summed E-state index contributed by atoms with van der Waals surface area (Å²) in [4.78, 5) is 0. The minimum atomic E-state index is -3.50. The number of benzene rings is 2. The summed E-state index contributed by atoms with van der Waals surface area (Å²) in [5.74, 6) is 0.763. The summed E-state index contributed by atoms with van der Waals surface area (Å²) < 4.78 is 35.3. The van der Waals surface area contributed by atoms with E-state index in [4.69, 9.17) is 4.74 Å². The number of hydrogen-bond donors (Lipinski definition) is 0. The molecule has 0 bridgehead atoms. The van der Waals surface area contributed by atoms with E-state index >= 15 is 0 Å². The lowest BCUT2D eigenvalue weighted by Gasteiger charge is -2.34. The molecule has 6 heteroatoms. The number of fused-ring (bicyclic) bond motifs is 1. The lowest BCUT2D eigenvalue weighted by atomic mass is 10.0. The van der Waals surface area contributed by atoms with E-state index in [-0.39, 0.29) is 6.04 Å². The molecule has 0 saturated carbocycles. The zero-order chi connectivity index (χ0) is 18.1. The molecular weight excluding hydrogens is 348 g/mol. The standard InChI is InChI=1S/C20H24N2O3S/c1-25-19-9-4-8-17(14-19)20-10-5-12-22(20)26(23,24)21-13-11-16-6-2-3-7-18(16)15-21/h2-4,6-9,14,20H,5,10-13,15H2,1H3/t20-/m1/s1. The number of ether oxygens (including phenoxy) is 1. The van der Waals surface area contributed by atoms with E-state index in [1.165, 1.54) is 5.56 Å². The second-order valence-corrected chi connectivity index (χ2v) is 8.79. The van der Waals surface area contributed by atoms with Gasteiger partial charge in [0.05, 0.1) is 13.2 Å². The SMILES string of the molecule is COc1cccc([C@H]2CCCN2S(=O)(=O)N2CCc3ccccc3C2)c1. The maximum atomic E-state index is 13.4. The van der Waals surface area contributed by atoms with Gasteiger partial charge in [0.25, 0.3) is 10.2 Å². The van der Waals surface area contributed by atoms with Crippen molar-refractivity contribution in [2.75, 3.05) is 20.2 Å². The molecule has 0 spiro atoms. The Morgan fingerprint density at radius 3 is 2.65 bits per heavy atom. The molecule has 0 aliphatic carbocycles. The molecule has 2 aromatic carbocycles. The van der Waals surface area contributed by atoms with E-state index in [0.717, 1.165) is 36.1 Å². The van der Waals surface area contributed by atoms with Crippen molar-refractivity contribution >= 4 is 10.2 Å². The van der Waals surface area contributed by atoms with Crippen LogP contribution in [0, 0.1) is 0 Å². The Hall–Kier alpha value is -1.89. The first-order chi connectivity index (χ1) is 12.6. The quantitative estimate of drug-likeness (QED) is 0.828. The molecule has 0 amide bonds. The topological polar surface area (TPSA) is 49.9 Å². The molecule has 4 rings (SSSR count). The number of hydrogen-bond acceptors (Lipinski definition) is 3. The van der Waals surface area contributed by atoms with Gasteiger partial charge in [-0.1, -0.05) is 36.4 Å². The Balaban J connectivity index is 1.61. The highest BCUT2D eigenvalue weighted by atomic mass is 32.2. The molecule has 0 aromatic heterocycles. The Morgan fingerprint density at radius 1 is 1.04 bits per heavy atom. The molecule has 2 aromatic rings. The van der Waals surface area contributed by atoms with Gasteiger partial charge in [-0.25, -0.2) is 0 Å². The van der Waals surface area contributed by atoms with Gasteiger partial charge in [-0.3, -0.25) is 0 Å². The van der Waals surface area contributed by atoms with Crippen molar-refractivity contribution in [2.45, 2.75) is 31.8 Å². The Bertz CT molecular complexity index is 897. The largest absolute Gasteiger partial charge is 0.497 e. The van der Waals surface area contributed by atoms with Crippen LogP contribution in [0.2, 0.25) is 0 Å². The van der Waals surface area contributed by atoms with Crippen molar-refractivity contribution in [1.29, 1.82) is 0 Å². The highest BCUT2D eigenvalue weighted by molar-refractivity contribution is 7.86. The van der Waals surface area contributed by atoms with Gasteiger partial charge in [-0.15, -0.1) is 0 Å². The molecule has 0 unspecified atom stereocenters. The molecular formula is C20H24N2O3S. The van der Waals surface area contributed by atoms with Crippen LogP contribution in [-0.4, -0.2) is 37.2 Å². The summed E-state index contributed by atoms with van der Waals surface area (Å²) in [6.45, 7) is 1.57. The summed E-state index contributed by atoms with van der Waals surface area (Å²) >= 11 is 0. The fourth-order valence-corrected chi connectivity index (χ4v) is 5.84. The molecule has 0 N–H and O–H groups in total. The number of methoxy groups -OCH3 is 1. The molecule has 0 radical (unpaired) electrons. The second-order valence-electron chi connectivity index (χ2n) is 6.91. The molecule has 1 fully saturated rings. The minimum Gasteiger partial charge on any atom is -0.497 e. The van der Waals surface area contributed by atoms with Crippen LogP contribution >= 0.6 is 0 Å². The zero-order valence-electron chi connectivity index (χ0n) is 15.0. The molecule has 138 valence electrons. The Morgan fingerprint density at radius 2 is 1.85 bits per heavy atom. The van der Waals surface area contributed by atoms with Crippen molar-refractivity contribution in [3.05, 3.63) is 65.2 Å². The van der Waals surface area contributed by atoms with Crippen LogP contribution in [0.25, 0.3) is 0 Å². The van der Waals surface area contributed by atoms with Gasteiger partial charge in [-0.2, -0.15) is 17.0 Å². The molecule has 2 aliphatic heterocycles. The number of rotatable bonds is 4. The van der Waals surface area contributed by atoms with Crippen LogP contribution in [-0.2, 0) is 23.2 Å². The first-order valence-corrected chi connectivity index (χ1v) is 10.5. The van der Waals surface area contributed by atoms with Crippen LogP contribution in [0.1, 0.15) is 35.6 Å². The van der Waals surface area contributed by atoms with E-state index < -0.39 is 10.2 Å². The van der Waals surface area contributed by atoms with Gasteiger partial charge in [0.2, 0.25) is 0 Å². The lowest BCUT2D eigenvalue weighted by molar-refractivity contribution is 0.315. The molecule has 1 saturated heterocycles. The molecule has 2 aliphatic rings. The Kier molecular flexibility index (Phi) is 4.73. The third-order valence-electron chi connectivity index (χ3n) is 5.40. The molecule has 5 nitrogen and oxygen atoms in total. The normalized spacial score (nSPS) is 21.5. The van der Waals surface area contributed by atoms with Crippen LogP contribution < -0.4 is 4.74 Å². The van der Waals surface area contributed by atoms with Gasteiger partial charge >= 0.3 is 0 Å². The van der Waals surface area contributed by atoms with Gasteiger partial charge in [0.1, 0.15) is 5.75 Å². The van der Waals surface area contributed by atoms with E-state index in [9.17, 15) is 8.42 Å². The van der Waals surface area contributed by atoms with E-state index in [1.54, 1.807) is 15.7 Å². The van der Waals surface area contributed by atoms with Crippen LogP contribution in [0.3, 0.4) is 0 Å². The molecule has 1 atom stereocenters. The summed E-state index contributed by atoms with van der Waals surface area (Å²) in [6.07, 6.45) is 2.50. The van der Waals surface area contributed by atoms with Gasteiger partial charge in [0.15, 0.2) is 0 Å². The van der Waals surface area contributed by atoms with Crippen molar-refractivity contribution in [3.8, 4) is 5.75 Å². The summed E-state index contributed by atoms with van der Waals surface area (Å²) in [7, 11) is -1.86. The van der Waals surface area contributed by atoms with Crippen molar-refractivity contribution < 1.29 is 13.2 Å². The predicted octanol–water partition coefficient (Wildman–Crippen LogP) is 3.14. The average Bonchev–Trinajstić information content (AvgIpc) is 3.18. The van der Waals surface area contributed by atoms with Gasteiger partial charge < -0.3 is 4.74 Å². The van der Waals surface area contributed by atoms with Gasteiger partial charge in [-0.05, 0) is 48.1 Å². The second kappa shape index (κ2) is 7.02. The summed E-state index contributed by atoms with van der Waals surface area (Å²) in [5, 5.41) is 0.